The molecule has 0 radical (unpaired) electrons. The zero-order valence-corrected chi connectivity index (χ0v) is 14.2. The highest BCUT2D eigenvalue weighted by Gasteiger charge is 2.08. The number of nitrogens with one attached hydrogen (secondary N) is 1. The van der Waals surface area contributed by atoms with E-state index in [-0.39, 0.29) is 5.54 Å². The molecule has 0 saturated carbocycles. The molecule has 21 heavy (non-hydrogen) atoms. The van der Waals surface area contributed by atoms with Gasteiger partial charge in [0, 0.05) is 36.0 Å². The van der Waals surface area contributed by atoms with Gasteiger partial charge in [0.1, 0.15) is 0 Å². The van der Waals surface area contributed by atoms with Crippen LogP contribution in [-0.2, 0) is 20.0 Å². The van der Waals surface area contributed by atoms with E-state index in [1.54, 1.807) is 0 Å². The lowest BCUT2D eigenvalue weighted by Gasteiger charge is -2.20. The molecule has 2 rings (SSSR count). The second-order valence-corrected chi connectivity index (χ2v) is 7.54. The lowest BCUT2D eigenvalue weighted by Crippen LogP contribution is -2.35. The van der Waals surface area contributed by atoms with E-state index in [1.165, 1.54) is 16.0 Å². The zero-order valence-electron chi connectivity index (χ0n) is 13.4. The Morgan fingerprint density at radius 1 is 1.14 bits per heavy atom. The van der Waals surface area contributed by atoms with Crippen molar-refractivity contribution < 1.29 is 0 Å². The Bertz CT molecular complexity index is 552. The molecule has 3 nitrogen and oxygen atoms in total. The highest BCUT2D eigenvalue weighted by atomic mass is 32.2. The van der Waals surface area contributed by atoms with E-state index in [2.05, 4.69) is 61.6 Å². The van der Waals surface area contributed by atoms with Crippen molar-refractivity contribution in [3.05, 3.63) is 47.8 Å². The SMILES string of the molecule is Cn1cc(CCSc2ccc(CNC(C)(C)C)cc2)cn1. The fraction of sp³-hybridized carbons (Fsp3) is 0.471. The fourth-order valence-corrected chi connectivity index (χ4v) is 2.86. The van der Waals surface area contributed by atoms with Crippen LogP contribution in [0.25, 0.3) is 0 Å². The summed E-state index contributed by atoms with van der Waals surface area (Å²) in [7, 11) is 1.96. The van der Waals surface area contributed by atoms with E-state index >= 15 is 0 Å². The number of hydrogen-bond donors (Lipinski definition) is 1. The monoisotopic (exact) mass is 303 g/mol. The molecular formula is C17H25N3S. The quantitative estimate of drug-likeness (QED) is 0.826. The molecule has 0 spiro atoms. The molecule has 1 N–H and O–H groups in total. The molecule has 0 unspecified atom stereocenters. The van der Waals surface area contributed by atoms with Gasteiger partial charge in [0.15, 0.2) is 0 Å². The van der Waals surface area contributed by atoms with Gasteiger partial charge < -0.3 is 5.32 Å². The van der Waals surface area contributed by atoms with E-state index in [4.69, 9.17) is 0 Å². The van der Waals surface area contributed by atoms with Crippen LogP contribution < -0.4 is 5.32 Å². The van der Waals surface area contributed by atoms with Gasteiger partial charge in [-0.25, -0.2) is 0 Å². The molecule has 0 aliphatic heterocycles. The lowest BCUT2D eigenvalue weighted by molar-refractivity contribution is 0.424. The Kier molecular flexibility index (Phi) is 5.48. The molecule has 2 aromatic rings. The molecule has 0 aliphatic rings. The van der Waals surface area contributed by atoms with Crippen molar-refractivity contribution in [2.75, 3.05) is 5.75 Å². The number of thioether (sulfide) groups is 1. The smallest absolute Gasteiger partial charge is 0.0521 e. The van der Waals surface area contributed by atoms with Crippen LogP contribution >= 0.6 is 11.8 Å². The maximum Gasteiger partial charge on any atom is 0.0521 e. The minimum absolute atomic E-state index is 0.164. The number of rotatable bonds is 6. The largest absolute Gasteiger partial charge is 0.308 e. The average molecular weight is 303 g/mol. The van der Waals surface area contributed by atoms with Crippen LogP contribution in [0.15, 0.2) is 41.6 Å². The lowest BCUT2D eigenvalue weighted by atomic mass is 10.1. The van der Waals surface area contributed by atoms with Crippen LogP contribution in [0, 0.1) is 0 Å². The van der Waals surface area contributed by atoms with Crippen molar-refractivity contribution in [1.29, 1.82) is 0 Å². The van der Waals surface area contributed by atoms with Gasteiger partial charge in [-0.05, 0) is 50.5 Å². The van der Waals surface area contributed by atoms with Crippen LogP contribution in [0.1, 0.15) is 31.9 Å². The Labute approximate surface area is 132 Å². The zero-order chi connectivity index (χ0) is 15.3. The summed E-state index contributed by atoms with van der Waals surface area (Å²) in [6.45, 7) is 7.49. The highest BCUT2D eigenvalue weighted by molar-refractivity contribution is 7.99. The van der Waals surface area contributed by atoms with Gasteiger partial charge in [-0.15, -0.1) is 11.8 Å². The molecule has 0 fully saturated rings. The standard InChI is InChI=1S/C17H25N3S/c1-17(2,3)18-11-14-5-7-16(8-6-14)21-10-9-15-12-19-20(4)13-15/h5-8,12-13,18H,9-11H2,1-4H3. The molecular weight excluding hydrogens is 278 g/mol. The van der Waals surface area contributed by atoms with E-state index in [0.717, 1.165) is 18.7 Å². The Hall–Kier alpha value is -1.26. The van der Waals surface area contributed by atoms with Crippen molar-refractivity contribution in [2.45, 2.75) is 44.2 Å². The third kappa shape index (κ3) is 5.94. The average Bonchev–Trinajstić information content (AvgIpc) is 2.83. The van der Waals surface area contributed by atoms with E-state index in [9.17, 15) is 0 Å². The van der Waals surface area contributed by atoms with E-state index in [1.807, 2.05) is 29.7 Å². The van der Waals surface area contributed by atoms with Gasteiger partial charge in [0.05, 0.1) is 6.20 Å². The van der Waals surface area contributed by atoms with E-state index < -0.39 is 0 Å². The van der Waals surface area contributed by atoms with Gasteiger partial charge in [0.25, 0.3) is 0 Å². The number of aromatic nitrogens is 2. The molecule has 0 atom stereocenters. The van der Waals surface area contributed by atoms with Crippen LogP contribution in [0.4, 0.5) is 0 Å². The second kappa shape index (κ2) is 7.14. The molecule has 1 heterocycles. The molecule has 1 aromatic carbocycles. The first-order valence-corrected chi connectivity index (χ1v) is 8.35. The van der Waals surface area contributed by atoms with Crippen LogP contribution in [0.5, 0.6) is 0 Å². The second-order valence-electron chi connectivity index (χ2n) is 6.37. The van der Waals surface area contributed by atoms with Gasteiger partial charge >= 0.3 is 0 Å². The Morgan fingerprint density at radius 3 is 2.43 bits per heavy atom. The topological polar surface area (TPSA) is 29.9 Å². The molecule has 0 saturated heterocycles. The Morgan fingerprint density at radius 2 is 1.86 bits per heavy atom. The first-order valence-electron chi connectivity index (χ1n) is 7.37. The summed E-state index contributed by atoms with van der Waals surface area (Å²) >= 11 is 1.90. The molecule has 1 aromatic heterocycles. The Balaban J connectivity index is 1.77. The third-order valence-corrected chi connectivity index (χ3v) is 4.18. The molecule has 4 heteroatoms. The van der Waals surface area contributed by atoms with Gasteiger partial charge in [-0.3, -0.25) is 4.68 Å². The summed E-state index contributed by atoms with van der Waals surface area (Å²) in [4.78, 5) is 1.33. The van der Waals surface area contributed by atoms with Gasteiger partial charge in [0.2, 0.25) is 0 Å². The van der Waals surface area contributed by atoms with Crippen LogP contribution in [0.3, 0.4) is 0 Å². The van der Waals surface area contributed by atoms with Crippen molar-refractivity contribution in [3.63, 3.8) is 0 Å². The highest BCUT2D eigenvalue weighted by Crippen LogP contribution is 2.20. The first kappa shape index (κ1) is 16.1. The van der Waals surface area contributed by atoms with Crippen molar-refractivity contribution in [3.8, 4) is 0 Å². The summed E-state index contributed by atoms with van der Waals surface area (Å²) in [5.41, 5.74) is 2.80. The maximum atomic E-state index is 4.19. The van der Waals surface area contributed by atoms with E-state index in [0.29, 0.717) is 0 Å². The summed E-state index contributed by atoms with van der Waals surface area (Å²) in [6, 6.07) is 8.86. The molecule has 0 amide bonds. The minimum Gasteiger partial charge on any atom is -0.308 e. The predicted molar refractivity (Wildman–Crippen MR) is 90.7 cm³/mol. The van der Waals surface area contributed by atoms with Crippen molar-refractivity contribution in [2.24, 2.45) is 7.05 Å². The summed E-state index contributed by atoms with van der Waals surface area (Å²) in [5, 5.41) is 7.70. The number of aryl methyl sites for hydroxylation is 2. The number of hydrogen-bond acceptors (Lipinski definition) is 3. The maximum absolute atomic E-state index is 4.19. The predicted octanol–water partition coefficient (Wildman–Crippen LogP) is 3.64. The third-order valence-electron chi connectivity index (χ3n) is 3.16. The molecule has 114 valence electrons. The van der Waals surface area contributed by atoms with Crippen LogP contribution in [0.2, 0.25) is 0 Å². The minimum atomic E-state index is 0.164. The van der Waals surface area contributed by atoms with Crippen LogP contribution in [-0.4, -0.2) is 21.1 Å². The number of benzene rings is 1. The fourth-order valence-electron chi connectivity index (χ4n) is 1.96. The summed E-state index contributed by atoms with van der Waals surface area (Å²) in [5.74, 6) is 1.09. The first-order chi connectivity index (χ1) is 9.92. The van der Waals surface area contributed by atoms with Crippen molar-refractivity contribution >= 4 is 11.8 Å². The molecule has 0 bridgehead atoms. The van der Waals surface area contributed by atoms with Gasteiger partial charge in [-0.1, -0.05) is 12.1 Å². The summed E-state index contributed by atoms with van der Waals surface area (Å²) < 4.78 is 1.86. The number of nitrogens with zero attached hydrogens (tertiary/aromatic N) is 2. The van der Waals surface area contributed by atoms with Crippen molar-refractivity contribution in [1.82, 2.24) is 15.1 Å². The van der Waals surface area contributed by atoms with Gasteiger partial charge in [-0.2, -0.15) is 5.10 Å². The summed E-state index contributed by atoms with van der Waals surface area (Å²) in [6.07, 6.45) is 5.09. The normalized spacial score (nSPS) is 11.8. The molecule has 0 aliphatic carbocycles.